The Morgan fingerprint density at radius 1 is 1.00 bits per heavy atom. The standard InChI is InChI=1S/C26H23Cl3N2O3S/c1-3-15-4-7-18(8-5-15)30-26-31-25(32)23(35-26)13-17-11-21(29)24(22(12-17)33-2)34-14-16-6-9-19(27)20(28)10-16/h4-13,26,30H,3,14H2,1-2H3,(H,31,32)/b23-13-/t26-/m0/s1. The van der Waals surface area contributed by atoms with Gasteiger partial charge >= 0.3 is 0 Å². The van der Waals surface area contributed by atoms with Crippen molar-refractivity contribution in [2.24, 2.45) is 0 Å². The molecule has 0 aliphatic carbocycles. The molecule has 0 radical (unpaired) electrons. The minimum atomic E-state index is -0.271. The van der Waals surface area contributed by atoms with Crippen molar-refractivity contribution in [3.8, 4) is 11.5 Å². The zero-order valence-electron chi connectivity index (χ0n) is 19.0. The van der Waals surface area contributed by atoms with Gasteiger partial charge in [-0.1, -0.05) is 71.7 Å². The Hall–Kier alpha value is -2.51. The van der Waals surface area contributed by atoms with Crippen LogP contribution in [0.1, 0.15) is 23.6 Å². The van der Waals surface area contributed by atoms with Crippen molar-refractivity contribution in [1.29, 1.82) is 0 Å². The summed E-state index contributed by atoms with van der Waals surface area (Å²) in [5.74, 6) is 0.701. The largest absolute Gasteiger partial charge is 0.493 e. The van der Waals surface area contributed by atoms with Crippen LogP contribution in [0.25, 0.3) is 6.08 Å². The SMILES string of the molecule is CCc1ccc(N[C@H]2NC(=O)/C(=C/c3cc(Cl)c(OCc4ccc(Cl)c(Cl)c4)c(OC)c3)S2)cc1. The van der Waals surface area contributed by atoms with Gasteiger partial charge in [-0.25, -0.2) is 0 Å². The van der Waals surface area contributed by atoms with Crippen molar-refractivity contribution < 1.29 is 14.3 Å². The van der Waals surface area contributed by atoms with E-state index in [-0.39, 0.29) is 18.0 Å². The van der Waals surface area contributed by atoms with Gasteiger partial charge in [0.1, 0.15) is 6.61 Å². The second-order valence-electron chi connectivity index (χ2n) is 7.75. The third kappa shape index (κ3) is 6.39. The number of thioether (sulfide) groups is 1. The van der Waals surface area contributed by atoms with E-state index in [9.17, 15) is 4.79 Å². The summed E-state index contributed by atoms with van der Waals surface area (Å²) in [7, 11) is 1.54. The molecule has 0 saturated carbocycles. The second kappa shape index (κ2) is 11.5. The lowest BCUT2D eigenvalue weighted by Gasteiger charge is -2.14. The van der Waals surface area contributed by atoms with Crippen molar-refractivity contribution in [1.82, 2.24) is 5.32 Å². The zero-order valence-corrected chi connectivity index (χ0v) is 22.1. The normalized spacial score (nSPS) is 16.3. The molecular formula is C26H23Cl3N2O3S. The lowest BCUT2D eigenvalue weighted by Crippen LogP contribution is -2.30. The third-order valence-electron chi connectivity index (χ3n) is 5.31. The molecule has 1 amide bonds. The molecule has 1 fully saturated rings. The Morgan fingerprint density at radius 2 is 1.74 bits per heavy atom. The van der Waals surface area contributed by atoms with Crippen molar-refractivity contribution in [3.63, 3.8) is 0 Å². The number of anilines is 1. The fourth-order valence-corrected chi connectivity index (χ4v) is 5.03. The number of aryl methyl sites for hydroxylation is 1. The molecule has 9 heteroatoms. The predicted octanol–water partition coefficient (Wildman–Crippen LogP) is 7.40. The number of ether oxygens (including phenoxy) is 2. The molecule has 0 unspecified atom stereocenters. The monoisotopic (exact) mass is 548 g/mol. The lowest BCUT2D eigenvalue weighted by molar-refractivity contribution is -0.116. The quantitative estimate of drug-likeness (QED) is 0.287. The summed E-state index contributed by atoms with van der Waals surface area (Å²) in [6.45, 7) is 2.35. The molecule has 1 saturated heterocycles. The Kier molecular flexibility index (Phi) is 8.39. The maximum absolute atomic E-state index is 12.5. The van der Waals surface area contributed by atoms with Gasteiger partial charge in [-0.3, -0.25) is 4.79 Å². The minimum absolute atomic E-state index is 0.160. The number of nitrogens with one attached hydrogen (secondary N) is 2. The second-order valence-corrected chi connectivity index (χ2v) is 10.1. The maximum atomic E-state index is 12.5. The fraction of sp³-hybridized carbons (Fsp3) is 0.192. The van der Waals surface area contributed by atoms with E-state index >= 15 is 0 Å². The van der Waals surface area contributed by atoms with E-state index in [2.05, 4.69) is 29.7 Å². The number of methoxy groups -OCH3 is 1. The highest BCUT2D eigenvalue weighted by Gasteiger charge is 2.27. The van der Waals surface area contributed by atoms with Gasteiger partial charge < -0.3 is 20.1 Å². The molecule has 1 aliphatic rings. The van der Waals surface area contributed by atoms with Crippen LogP contribution in [0, 0.1) is 0 Å². The summed E-state index contributed by atoms with van der Waals surface area (Å²) >= 11 is 20.0. The molecule has 0 aromatic heterocycles. The first-order chi connectivity index (χ1) is 16.9. The number of amides is 1. The first kappa shape index (κ1) is 25.6. The van der Waals surface area contributed by atoms with Crippen LogP contribution in [-0.2, 0) is 17.8 Å². The molecule has 2 N–H and O–H groups in total. The predicted molar refractivity (Wildman–Crippen MR) is 146 cm³/mol. The fourth-order valence-electron chi connectivity index (χ4n) is 3.45. The number of hydrogen-bond acceptors (Lipinski definition) is 5. The van der Waals surface area contributed by atoms with Gasteiger partial charge in [0.2, 0.25) is 0 Å². The van der Waals surface area contributed by atoms with Gasteiger partial charge in [-0.15, -0.1) is 0 Å². The average Bonchev–Trinajstić information content (AvgIpc) is 3.18. The van der Waals surface area contributed by atoms with Gasteiger partial charge in [-0.2, -0.15) is 0 Å². The van der Waals surface area contributed by atoms with Crippen molar-refractivity contribution >= 4 is 64.2 Å². The van der Waals surface area contributed by atoms with Crippen LogP contribution >= 0.6 is 46.6 Å². The van der Waals surface area contributed by atoms with Crippen LogP contribution in [0.15, 0.2) is 59.5 Å². The summed E-state index contributed by atoms with van der Waals surface area (Å²) < 4.78 is 11.4. The maximum Gasteiger partial charge on any atom is 0.260 e. The van der Waals surface area contributed by atoms with Crippen LogP contribution in [0.3, 0.4) is 0 Å². The molecule has 35 heavy (non-hydrogen) atoms. The van der Waals surface area contributed by atoms with E-state index in [0.717, 1.165) is 23.2 Å². The Balaban J connectivity index is 1.47. The lowest BCUT2D eigenvalue weighted by atomic mass is 10.1. The number of benzene rings is 3. The molecule has 4 rings (SSSR count). The molecule has 1 atom stereocenters. The molecule has 1 heterocycles. The third-order valence-corrected chi connectivity index (χ3v) is 7.36. The van der Waals surface area contributed by atoms with Gasteiger partial charge in [0.05, 0.1) is 27.1 Å². The van der Waals surface area contributed by atoms with Crippen LogP contribution in [-0.4, -0.2) is 18.5 Å². The molecule has 5 nitrogen and oxygen atoms in total. The Bertz CT molecular complexity index is 1270. The summed E-state index contributed by atoms with van der Waals surface area (Å²) in [5.41, 5.74) is 3.49. The van der Waals surface area contributed by atoms with Crippen LogP contribution < -0.4 is 20.1 Å². The van der Waals surface area contributed by atoms with Crippen LogP contribution in [0.2, 0.25) is 15.1 Å². The average molecular weight is 550 g/mol. The zero-order chi connectivity index (χ0) is 24.9. The van der Waals surface area contributed by atoms with Gasteiger partial charge in [0, 0.05) is 5.69 Å². The first-order valence-electron chi connectivity index (χ1n) is 10.8. The van der Waals surface area contributed by atoms with Gasteiger partial charge in [-0.05, 0) is 65.6 Å². The molecule has 182 valence electrons. The Morgan fingerprint density at radius 3 is 2.43 bits per heavy atom. The van der Waals surface area contributed by atoms with Crippen LogP contribution in [0.5, 0.6) is 11.5 Å². The van der Waals surface area contributed by atoms with E-state index < -0.39 is 0 Å². The van der Waals surface area contributed by atoms with Crippen LogP contribution in [0.4, 0.5) is 5.69 Å². The highest BCUT2D eigenvalue weighted by Crippen LogP contribution is 2.39. The van der Waals surface area contributed by atoms with E-state index in [1.807, 2.05) is 18.2 Å². The molecule has 3 aromatic rings. The molecule has 0 spiro atoms. The number of carbonyl (C=O) groups excluding carboxylic acids is 1. The highest BCUT2D eigenvalue weighted by molar-refractivity contribution is 8.05. The number of hydrogen-bond donors (Lipinski definition) is 2. The van der Waals surface area contributed by atoms with E-state index in [1.165, 1.54) is 24.4 Å². The molecular weight excluding hydrogens is 527 g/mol. The summed E-state index contributed by atoms with van der Waals surface area (Å²) in [6.07, 6.45) is 2.76. The number of rotatable bonds is 8. The van der Waals surface area contributed by atoms with Crippen molar-refractivity contribution in [2.45, 2.75) is 25.4 Å². The van der Waals surface area contributed by atoms with E-state index in [4.69, 9.17) is 44.3 Å². The van der Waals surface area contributed by atoms with E-state index in [0.29, 0.717) is 31.5 Å². The topological polar surface area (TPSA) is 59.6 Å². The summed E-state index contributed by atoms with van der Waals surface area (Å²) in [5, 5.41) is 7.55. The molecule has 0 bridgehead atoms. The molecule has 1 aliphatic heterocycles. The number of halogens is 3. The van der Waals surface area contributed by atoms with Crippen molar-refractivity contribution in [3.05, 3.63) is 91.3 Å². The van der Waals surface area contributed by atoms with Crippen molar-refractivity contribution in [2.75, 3.05) is 12.4 Å². The number of carbonyl (C=O) groups is 1. The minimum Gasteiger partial charge on any atom is -0.493 e. The highest BCUT2D eigenvalue weighted by atomic mass is 35.5. The Labute approximate surface area is 223 Å². The smallest absolute Gasteiger partial charge is 0.260 e. The molecule has 3 aromatic carbocycles. The van der Waals surface area contributed by atoms with E-state index in [1.54, 1.807) is 30.3 Å². The van der Waals surface area contributed by atoms with Gasteiger partial charge in [0.25, 0.3) is 5.91 Å². The summed E-state index contributed by atoms with van der Waals surface area (Å²) in [6, 6.07) is 16.9. The summed E-state index contributed by atoms with van der Waals surface area (Å²) in [4.78, 5) is 13.1. The van der Waals surface area contributed by atoms with Gasteiger partial charge in [0.15, 0.2) is 17.0 Å². The first-order valence-corrected chi connectivity index (χ1v) is 12.9.